The molecule has 4 saturated carbocycles. The first-order chi connectivity index (χ1) is 10.9. The first-order valence-electron chi connectivity index (χ1n) is 8.65. The van der Waals surface area contributed by atoms with Crippen LogP contribution in [-0.2, 0) is 10.0 Å². The van der Waals surface area contributed by atoms with E-state index in [1.54, 1.807) is 6.07 Å². The zero-order valence-corrected chi connectivity index (χ0v) is 14.3. The number of sulfonamides is 1. The number of nitrogens with one attached hydrogen (secondary N) is 1. The van der Waals surface area contributed by atoms with Crippen LogP contribution in [0.1, 0.15) is 45.4 Å². The van der Waals surface area contributed by atoms with Crippen LogP contribution in [0.2, 0.25) is 0 Å². The van der Waals surface area contributed by atoms with Crippen molar-refractivity contribution >= 4 is 10.0 Å². The summed E-state index contributed by atoms with van der Waals surface area (Å²) in [6.07, 6.45) is 7.35. The van der Waals surface area contributed by atoms with Crippen molar-refractivity contribution in [3.05, 3.63) is 30.1 Å². The molecule has 0 unspecified atom stereocenters. The summed E-state index contributed by atoms with van der Waals surface area (Å²) < 4.78 is 41.9. The van der Waals surface area contributed by atoms with Crippen LogP contribution in [-0.4, -0.2) is 14.5 Å². The fourth-order valence-electron chi connectivity index (χ4n) is 5.79. The third-order valence-corrected chi connectivity index (χ3v) is 8.04. The summed E-state index contributed by atoms with van der Waals surface area (Å²) in [5.41, 5.74) is 0.0765. The summed E-state index contributed by atoms with van der Waals surface area (Å²) in [4.78, 5) is -0.239. The molecular formula is C18H24FNO2S. The van der Waals surface area contributed by atoms with E-state index in [0.717, 1.165) is 37.0 Å². The van der Waals surface area contributed by atoms with Crippen molar-refractivity contribution in [2.45, 2.75) is 56.4 Å². The van der Waals surface area contributed by atoms with Crippen molar-refractivity contribution in [2.24, 2.45) is 23.2 Å². The van der Waals surface area contributed by atoms with Gasteiger partial charge < -0.3 is 0 Å². The maximum absolute atomic E-state index is 13.9. The van der Waals surface area contributed by atoms with Gasteiger partial charge in [-0.15, -0.1) is 0 Å². The smallest absolute Gasteiger partial charge is 0.208 e. The Balaban J connectivity index is 1.58. The Hall–Kier alpha value is -0.940. The largest absolute Gasteiger partial charge is 0.243 e. The Morgan fingerprint density at radius 3 is 2.13 bits per heavy atom. The SMILES string of the molecule is C[C@@H](NS(=O)(=O)c1ccccc1F)C12CC3CC(CC(C3)C1)C2. The van der Waals surface area contributed by atoms with Crippen LogP contribution in [0, 0.1) is 29.0 Å². The lowest BCUT2D eigenvalue weighted by molar-refractivity contribution is -0.0666. The topological polar surface area (TPSA) is 46.2 Å². The third-order valence-electron chi connectivity index (χ3n) is 6.46. The molecule has 0 aromatic heterocycles. The first kappa shape index (κ1) is 15.6. The van der Waals surface area contributed by atoms with Crippen LogP contribution in [0.4, 0.5) is 4.39 Å². The van der Waals surface area contributed by atoms with Gasteiger partial charge in [0, 0.05) is 6.04 Å². The standard InChI is InChI=1S/C18H24FNO2S/c1-12(20-23(21,22)17-5-3-2-4-16(17)19)18-9-13-6-14(10-18)8-15(7-13)11-18/h2-5,12-15,20H,6-11H2,1H3/t12-,13?,14?,15?,18?/m1/s1. The Labute approximate surface area is 137 Å². The van der Waals surface area contributed by atoms with Crippen molar-refractivity contribution in [1.29, 1.82) is 0 Å². The third kappa shape index (κ3) is 2.62. The fraction of sp³-hybridized carbons (Fsp3) is 0.667. The highest BCUT2D eigenvalue weighted by atomic mass is 32.2. The number of benzene rings is 1. The van der Waals surface area contributed by atoms with Gasteiger partial charge in [0.2, 0.25) is 10.0 Å². The molecule has 0 heterocycles. The Morgan fingerprint density at radius 2 is 1.61 bits per heavy atom. The predicted molar refractivity (Wildman–Crippen MR) is 86.8 cm³/mol. The maximum atomic E-state index is 13.9. The molecule has 3 nitrogen and oxygen atoms in total. The fourth-order valence-corrected chi connectivity index (χ4v) is 7.22. The Kier molecular flexibility index (Phi) is 3.58. The van der Waals surface area contributed by atoms with Gasteiger partial charge in [0.15, 0.2) is 0 Å². The molecule has 126 valence electrons. The molecule has 4 fully saturated rings. The molecule has 5 rings (SSSR count). The van der Waals surface area contributed by atoms with Crippen molar-refractivity contribution < 1.29 is 12.8 Å². The summed E-state index contributed by atoms with van der Waals surface area (Å²) in [5.74, 6) is 1.61. The molecule has 5 heteroatoms. The minimum atomic E-state index is -3.81. The van der Waals surface area contributed by atoms with Crippen LogP contribution in [0.15, 0.2) is 29.2 Å². The molecule has 1 aromatic rings. The van der Waals surface area contributed by atoms with E-state index in [1.807, 2.05) is 6.92 Å². The molecule has 23 heavy (non-hydrogen) atoms. The van der Waals surface area contributed by atoms with Gasteiger partial charge >= 0.3 is 0 Å². The molecule has 0 radical (unpaired) electrons. The van der Waals surface area contributed by atoms with Gasteiger partial charge in [-0.25, -0.2) is 17.5 Å². The highest BCUT2D eigenvalue weighted by molar-refractivity contribution is 7.89. The minimum absolute atomic E-state index is 0.0765. The minimum Gasteiger partial charge on any atom is -0.208 e. The molecule has 1 N–H and O–H groups in total. The van der Waals surface area contributed by atoms with Crippen LogP contribution >= 0.6 is 0 Å². The van der Waals surface area contributed by atoms with Crippen LogP contribution in [0.25, 0.3) is 0 Å². The van der Waals surface area contributed by atoms with Crippen molar-refractivity contribution in [3.63, 3.8) is 0 Å². The second kappa shape index (κ2) is 5.28. The lowest BCUT2D eigenvalue weighted by Gasteiger charge is -2.59. The molecular weight excluding hydrogens is 313 g/mol. The van der Waals surface area contributed by atoms with Gasteiger partial charge in [-0.05, 0) is 80.8 Å². The maximum Gasteiger partial charge on any atom is 0.243 e. The molecule has 0 spiro atoms. The Bertz CT molecular complexity index is 680. The van der Waals surface area contributed by atoms with Crippen molar-refractivity contribution in [1.82, 2.24) is 4.72 Å². The predicted octanol–water partition coefficient (Wildman–Crippen LogP) is 3.71. The molecule has 4 bridgehead atoms. The van der Waals surface area contributed by atoms with E-state index in [4.69, 9.17) is 0 Å². The van der Waals surface area contributed by atoms with Gasteiger partial charge in [0.05, 0.1) is 0 Å². The zero-order valence-electron chi connectivity index (χ0n) is 13.5. The van der Waals surface area contributed by atoms with Gasteiger partial charge in [0.25, 0.3) is 0 Å². The van der Waals surface area contributed by atoms with Crippen molar-refractivity contribution in [3.8, 4) is 0 Å². The average molecular weight is 337 g/mol. The monoisotopic (exact) mass is 337 g/mol. The molecule has 0 aliphatic heterocycles. The molecule has 4 aliphatic rings. The first-order valence-corrected chi connectivity index (χ1v) is 10.1. The van der Waals surface area contributed by atoms with Gasteiger partial charge in [-0.2, -0.15) is 0 Å². The zero-order chi connectivity index (χ0) is 16.2. The summed E-state index contributed by atoms with van der Waals surface area (Å²) in [6, 6.07) is 5.47. The molecule has 1 atom stereocenters. The Morgan fingerprint density at radius 1 is 1.09 bits per heavy atom. The van der Waals surface area contributed by atoms with E-state index in [1.165, 1.54) is 37.5 Å². The van der Waals surface area contributed by atoms with Crippen molar-refractivity contribution in [2.75, 3.05) is 0 Å². The number of rotatable bonds is 4. The molecule has 1 aromatic carbocycles. The number of hydrogen-bond acceptors (Lipinski definition) is 2. The van der Waals surface area contributed by atoms with E-state index < -0.39 is 15.8 Å². The molecule has 0 saturated heterocycles. The second-order valence-corrected chi connectivity index (χ2v) is 9.74. The highest BCUT2D eigenvalue weighted by Crippen LogP contribution is 2.61. The summed E-state index contributed by atoms with van der Waals surface area (Å²) in [7, 11) is -3.81. The average Bonchev–Trinajstić information content (AvgIpc) is 2.45. The molecule has 4 aliphatic carbocycles. The summed E-state index contributed by atoms with van der Waals surface area (Å²) in [5, 5.41) is 0. The lowest BCUT2D eigenvalue weighted by Crippen LogP contribution is -2.55. The van der Waals surface area contributed by atoms with E-state index in [9.17, 15) is 12.8 Å². The van der Waals surface area contributed by atoms with Crippen LogP contribution in [0.5, 0.6) is 0 Å². The highest BCUT2D eigenvalue weighted by Gasteiger charge is 2.53. The van der Waals surface area contributed by atoms with Gasteiger partial charge in [0.1, 0.15) is 10.7 Å². The normalized spacial score (nSPS) is 37.0. The van der Waals surface area contributed by atoms with E-state index in [0.29, 0.717) is 0 Å². The molecule has 0 amide bonds. The quantitative estimate of drug-likeness (QED) is 0.910. The van der Waals surface area contributed by atoms with Crippen LogP contribution < -0.4 is 4.72 Å². The van der Waals surface area contributed by atoms with E-state index >= 15 is 0 Å². The van der Waals surface area contributed by atoms with Gasteiger partial charge in [-0.3, -0.25) is 0 Å². The second-order valence-electron chi connectivity index (χ2n) is 8.05. The van der Waals surface area contributed by atoms with Crippen LogP contribution in [0.3, 0.4) is 0 Å². The van der Waals surface area contributed by atoms with E-state index in [-0.39, 0.29) is 16.4 Å². The lowest BCUT2D eigenvalue weighted by atomic mass is 9.48. The number of halogens is 1. The van der Waals surface area contributed by atoms with Gasteiger partial charge in [-0.1, -0.05) is 12.1 Å². The van der Waals surface area contributed by atoms with E-state index in [2.05, 4.69) is 4.72 Å². The summed E-state index contributed by atoms with van der Waals surface area (Å²) >= 11 is 0. The number of hydrogen-bond donors (Lipinski definition) is 1. The summed E-state index contributed by atoms with van der Waals surface area (Å²) in [6.45, 7) is 1.98.